The number of rotatable bonds is 1. The van der Waals surface area contributed by atoms with E-state index in [-0.39, 0.29) is 0 Å². The van der Waals surface area contributed by atoms with Gasteiger partial charge in [0.1, 0.15) is 0 Å². The predicted molar refractivity (Wildman–Crippen MR) is 57.8 cm³/mol. The lowest BCUT2D eigenvalue weighted by molar-refractivity contribution is -0.895. The van der Waals surface area contributed by atoms with Gasteiger partial charge in [-0.05, 0) is 32.9 Å². The Bertz CT molecular complexity index is 116. The van der Waals surface area contributed by atoms with Crippen LogP contribution in [0.15, 0.2) is 0 Å². The van der Waals surface area contributed by atoms with Crippen molar-refractivity contribution < 1.29 is 4.48 Å². The predicted octanol–water partition coefficient (Wildman–Crippen LogP) is 1.62. The average molecular weight is 185 g/mol. The third-order valence-corrected chi connectivity index (χ3v) is 3.37. The summed E-state index contributed by atoms with van der Waals surface area (Å²) in [6.07, 6.45) is 5.68. The molecule has 0 bridgehead atoms. The smallest absolute Gasteiger partial charge is 0.0786 e. The molecule has 0 aromatic heterocycles. The van der Waals surface area contributed by atoms with Crippen molar-refractivity contribution in [2.75, 3.05) is 39.8 Å². The van der Waals surface area contributed by atoms with E-state index in [9.17, 15) is 0 Å². The van der Waals surface area contributed by atoms with Gasteiger partial charge >= 0.3 is 0 Å². The minimum Gasteiger partial charge on any atom is -0.326 e. The van der Waals surface area contributed by atoms with E-state index in [4.69, 9.17) is 0 Å². The van der Waals surface area contributed by atoms with Gasteiger partial charge in [0.2, 0.25) is 0 Å². The van der Waals surface area contributed by atoms with Crippen molar-refractivity contribution in [2.24, 2.45) is 0 Å². The standard InChI is InChI=1S/C7H16N.C4H9N/c1-3-8(2)6-4-5-7-8;1-2-4-5-3-1/h3-7H2,1-2H3;5H,1-4H2/q+1;. The second-order valence-electron chi connectivity index (χ2n) is 4.55. The Kier molecular flexibility index (Phi) is 4.74. The molecular weight excluding hydrogens is 160 g/mol. The highest BCUT2D eigenvalue weighted by Gasteiger charge is 2.23. The highest BCUT2D eigenvalue weighted by Crippen LogP contribution is 2.14. The van der Waals surface area contributed by atoms with Crippen molar-refractivity contribution in [1.82, 2.24) is 5.32 Å². The van der Waals surface area contributed by atoms with Gasteiger partial charge in [0, 0.05) is 12.8 Å². The van der Waals surface area contributed by atoms with Crippen LogP contribution in [0.5, 0.6) is 0 Å². The largest absolute Gasteiger partial charge is 0.326 e. The van der Waals surface area contributed by atoms with E-state index in [0.717, 1.165) is 0 Å². The molecular formula is C11H25N2+. The zero-order chi connectivity index (χ0) is 9.57. The van der Waals surface area contributed by atoms with Crippen LogP contribution in [0.2, 0.25) is 0 Å². The Morgan fingerprint density at radius 3 is 1.77 bits per heavy atom. The van der Waals surface area contributed by atoms with E-state index in [1.807, 2.05) is 0 Å². The summed E-state index contributed by atoms with van der Waals surface area (Å²) >= 11 is 0. The highest BCUT2D eigenvalue weighted by molar-refractivity contribution is 4.55. The lowest BCUT2D eigenvalue weighted by atomic mass is 10.4. The summed E-state index contributed by atoms with van der Waals surface area (Å²) in [5.41, 5.74) is 0. The topological polar surface area (TPSA) is 12.0 Å². The summed E-state index contributed by atoms with van der Waals surface area (Å²) in [6.45, 7) is 8.93. The molecule has 0 radical (unpaired) electrons. The maximum atomic E-state index is 3.22. The molecule has 2 saturated heterocycles. The fourth-order valence-corrected chi connectivity index (χ4v) is 2.04. The maximum absolute atomic E-state index is 3.22. The molecule has 0 aromatic rings. The molecule has 0 aliphatic carbocycles. The second kappa shape index (κ2) is 5.61. The summed E-state index contributed by atoms with van der Waals surface area (Å²) < 4.78 is 1.32. The normalized spacial score (nSPS) is 25.4. The van der Waals surface area contributed by atoms with Crippen LogP contribution in [0, 0.1) is 0 Å². The molecule has 2 heterocycles. The van der Waals surface area contributed by atoms with Gasteiger partial charge in [-0.1, -0.05) is 0 Å². The van der Waals surface area contributed by atoms with Crippen LogP contribution in [0.4, 0.5) is 0 Å². The van der Waals surface area contributed by atoms with Crippen LogP contribution in [0.25, 0.3) is 0 Å². The molecule has 0 unspecified atom stereocenters. The molecule has 2 aliphatic heterocycles. The zero-order valence-electron chi connectivity index (χ0n) is 9.31. The van der Waals surface area contributed by atoms with Crippen molar-refractivity contribution in [3.8, 4) is 0 Å². The van der Waals surface area contributed by atoms with Gasteiger partial charge in [-0.15, -0.1) is 0 Å². The third kappa shape index (κ3) is 4.10. The average Bonchev–Trinajstić information content (AvgIpc) is 2.77. The molecule has 2 nitrogen and oxygen atoms in total. The quantitative estimate of drug-likeness (QED) is 0.612. The molecule has 0 spiro atoms. The van der Waals surface area contributed by atoms with Gasteiger partial charge in [0.05, 0.1) is 26.7 Å². The number of quaternary nitrogens is 1. The van der Waals surface area contributed by atoms with Gasteiger partial charge in [-0.25, -0.2) is 0 Å². The summed E-state index contributed by atoms with van der Waals surface area (Å²) in [5, 5.41) is 3.22. The summed E-state index contributed by atoms with van der Waals surface area (Å²) in [4.78, 5) is 0. The molecule has 0 aromatic carbocycles. The minimum atomic E-state index is 1.25. The number of nitrogens with one attached hydrogen (secondary N) is 1. The fourth-order valence-electron chi connectivity index (χ4n) is 2.04. The molecule has 2 fully saturated rings. The van der Waals surface area contributed by atoms with Crippen LogP contribution in [0.3, 0.4) is 0 Å². The maximum Gasteiger partial charge on any atom is 0.0786 e. The van der Waals surface area contributed by atoms with Crippen molar-refractivity contribution in [3.63, 3.8) is 0 Å². The van der Waals surface area contributed by atoms with Gasteiger partial charge in [-0.2, -0.15) is 0 Å². The monoisotopic (exact) mass is 185 g/mol. The fraction of sp³-hybridized carbons (Fsp3) is 1.00. The van der Waals surface area contributed by atoms with Crippen molar-refractivity contribution in [3.05, 3.63) is 0 Å². The van der Waals surface area contributed by atoms with E-state index < -0.39 is 0 Å². The molecule has 13 heavy (non-hydrogen) atoms. The van der Waals surface area contributed by atoms with Crippen molar-refractivity contribution >= 4 is 0 Å². The van der Waals surface area contributed by atoms with E-state index in [0.29, 0.717) is 0 Å². The van der Waals surface area contributed by atoms with Crippen LogP contribution < -0.4 is 5.32 Å². The third-order valence-electron chi connectivity index (χ3n) is 3.37. The Hall–Kier alpha value is -0.0800. The first-order valence-corrected chi connectivity index (χ1v) is 5.81. The van der Waals surface area contributed by atoms with E-state index >= 15 is 0 Å². The van der Waals surface area contributed by atoms with Gasteiger partial charge in [0.15, 0.2) is 0 Å². The molecule has 0 saturated carbocycles. The van der Waals surface area contributed by atoms with Crippen LogP contribution >= 0.6 is 0 Å². The first kappa shape index (κ1) is 11.0. The summed E-state index contributed by atoms with van der Waals surface area (Å²) in [6, 6.07) is 0. The molecule has 0 atom stereocenters. The summed E-state index contributed by atoms with van der Waals surface area (Å²) in [7, 11) is 2.35. The second-order valence-corrected chi connectivity index (χ2v) is 4.55. The number of hydrogen-bond donors (Lipinski definition) is 1. The Morgan fingerprint density at radius 1 is 1.00 bits per heavy atom. The van der Waals surface area contributed by atoms with Crippen molar-refractivity contribution in [1.29, 1.82) is 0 Å². The van der Waals surface area contributed by atoms with Gasteiger partial charge < -0.3 is 9.80 Å². The van der Waals surface area contributed by atoms with Gasteiger partial charge in [-0.3, -0.25) is 0 Å². The minimum absolute atomic E-state index is 1.25. The molecule has 0 amide bonds. The van der Waals surface area contributed by atoms with E-state index in [2.05, 4.69) is 19.3 Å². The van der Waals surface area contributed by atoms with Crippen LogP contribution in [-0.4, -0.2) is 44.3 Å². The van der Waals surface area contributed by atoms with E-state index in [1.165, 1.54) is 62.9 Å². The Morgan fingerprint density at radius 2 is 1.54 bits per heavy atom. The first-order chi connectivity index (χ1) is 6.27. The summed E-state index contributed by atoms with van der Waals surface area (Å²) in [5.74, 6) is 0. The molecule has 2 heteroatoms. The van der Waals surface area contributed by atoms with Crippen molar-refractivity contribution in [2.45, 2.75) is 32.6 Å². The lowest BCUT2D eigenvalue weighted by Gasteiger charge is -2.26. The zero-order valence-corrected chi connectivity index (χ0v) is 9.31. The molecule has 78 valence electrons. The Labute approximate surface area is 82.9 Å². The number of nitrogens with zero attached hydrogens (tertiary/aromatic N) is 1. The number of hydrogen-bond acceptors (Lipinski definition) is 1. The van der Waals surface area contributed by atoms with E-state index in [1.54, 1.807) is 0 Å². The number of likely N-dealkylation sites (tertiary alicyclic amines) is 1. The lowest BCUT2D eigenvalue weighted by Crippen LogP contribution is -2.40. The SMILES string of the molecule is C1CCNC1.CC[N+]1(C)CCCC1. The molecule has 2 aliphatic rings. The van der Waals surface area contributed by atoms with Crippen LogP contribution in [0.1, 0.15) is 32.6 Å². The molecule has 1 N–H and O–H groups in total. The van der Waals surface area contributed by atoms with Gasteiger partial charge in [0.25, 0.3) is 0 Å². The highest BCUT2D eigenvalue weighted by atomic mass is 15.3. The first-order valence-electron chi connectivity index (χ1n) is 5.81. The molecule has 2 rings (SSSR count). The Balaban J connectivity index is 0.000000145. The van der Waals surface area contributed by atoms with Crippen LogP contribution in [-0.2, 0) is 0 Å².